The number of allylic oxidation sites excluding steroid dienone is 2. The van der Waals surface area contributed by atoms with Crippen molar-refractivity contribution in [2.45, 2.75) is 20.3 Å². The lowest BCUT2D eigenvalue weighted by molar-refractivity contribution is 0.608. The molecule has 0 atom stereocenters. The van der Waals surface area contributed by atoms with E-state index in [1.807, 2.05) is 19.9 Å². The summed E-state index contributed by atoms with van der Waals surface area (Å²) in [7, 11) is 0.215. The molecule has 2 heteroatoms. The number of hydrogen-bond acceptors (Lipinski definition) is 1. The van der Waals surface area contributed by atoms with Gasteiger partial charge in [-0.05, 0) is 13.3 Å². The van der Waals surface area contributed by atoms with Gasteiger partial charge in [0.2, 0.25) is 0 Å². The Morgan fingerprint density at radius 2 is 2.43 bits per heavy atom. The molecule has 0 aliphatic rings. The van der Waals surface area contributed by atoms with Crippen molar-refractivity contribution in [2.75, 3.05) is 0 Å². The zero-order valence-corrected chi connectivity index (χ0v) is 4.94. The van der Waals surface area contributed by atoms with Gasteiger partial charge in [-0.3, -0.25) is 0 Å². The van der Waals surface area contributed by atoms with Crippen LogP contribution in [0.25, 0.3) is 0 Å². The minimum absolute atomic E-state index is 0.215. The van der Waals surface area contributed by atoms with Crippen LogP contribution in [-0.2, 0) is 0 Å². The summed E-state index contributed by atoms with van der Waals surface area (Å²) < 4.78 is 0. The van der Waals surface area contributed by atoms with Crippen LogP contribution in [0.5, 0.6) is 0 Å². The van der Waals surface area contributed by atoms with Crippen LogP contribution in [0.4, 0.5) is 0 Å². The quantitative estimate of drug-likeness (QED) is 0.502. The molecule has 0 unspecified atom stereocenters. The van der Waals surface area contributed by atoms with Crippen molar-refractivity contribution < 1.29 is 5.02 Å². The van der Waals surface area contributed by atoms with E-state index in [0.717, 1.165) is 11.9 Å². The molecule has 0 rings (SSSR count). The molecule has 0 saturated heterocycles. The molecule has 0 aliphatic carbocycles. The SMILES string of the molecule is C/C=C(/BO)CC. The molecule has 0 amide bonds. The fraction of sp³-hybridized carbons (Fsp3) is 0.600. The lowest BCUT2D eigenvalue weighted by atomic mass is 9.86. The molecule has 0 bridgehead atoms. The van der Waals surface area contributed by atoms with E-state index in [-0.39, 0.29) is 7.48 Å². The smallest absolute Gasteiger partial charge is 0.300 e. The first-order valence-corrected chi connectivity index (χ1v) is 2.60. The van der Waals surface area contributed by atoms with E-state index in [0.29, 0.717) is 0 Å². The number of hydrogen-bond donors (Lipinski definition) is 1. The summed E-state index contributed by atoms with van der Waals surface area (Å²) in [6.45, 7) is 3.97. The van der Waals surface area contributed by atoms with E-state index in [4.69, 9.17) is 5.02 Å². The Morgan fingerprint density at radius 1 is 1.86 bits per heavy atom. The summed E-state index contributed by atoms with van der Waals surface area (Å²) in [5, 5.41) is 8.46. The molecule has 0 aliphatic heterocycles. The first kappa shape index (κ1) is 6.76. The van der Waals surface area contributed by atoms with Gasteiger partial charge in [-0.25, -0.2) is 0 Å². The average Bonchev–Trinajstić information content (AvgIpc) is 1.72. The molecule has 7 heavy (non-hydrogen) atoms. The molecule has 40 valence electrons. The zero-order valence-electron chi connectivity index (χ0n) is 4.94. The van der Waals surface area contributed by atoms with E-state index in [1.165, 1.54) is 0 Å². The van der Waals surface area contributed by atoms with Crippen LogP contribution >= 0.6 is 0 Å². The summed E-state index contributed by atoms with van der Waals surface area (Å²) in [4.78, 5) is 0. The van der Waals surface area contributed by atoms with Gasteiger partial charge < -0.3 is 5.02 Å². The maximum atomic E-state index is 8.46. The van der Waals surface area contributed by atoms with Crippen molar-refractivity contribution in [3.8, 4) is 0 Å². The van der Waals surface area contributed by atoms with Gasteiger partial charge in [0.1, 0.15) is 0 Å². The van der Waals surface area contributed by atoms with Gasteiger partial charge in [0, 0.05) is 0 Å². The maximum absolute atomic E-state index is 8.46. The molecule has 0 radical (unpaired) electrons. The van der Waals surface area contributed by atoms with Crippen LogP contribution in [0.3, 0.4) is 0 Å². The topological polar surface area (TPSA) is 20.2 Å². The molecular weight excluding hydrogens is 86.9 g/mol. The maximum Gasteiger partial charge on any atom is 0.300 e. The summed E-state index contributed by atoms with van der Waals surface area (Å²) in [5.41, 5.74) is 1.11. The molecule has 0 saturated carbocycles. The highest BCUT2D eigenvalue weighted by atomic mass is 16.2. The summed E-state index contributed by atoms with van der Waals surface area (Å²) in [5.74, 6) is 0. The van der Waals surface area contributed by atoms with Crippen LogP contribution in [-0.4, -0.2) is 12.5 Å². The first-order valence-electron chi connectivity index (χ1n) is 2.60. The Labute approximate surface area is 45.3 Å². The average molecular weight is 98.0 g/mol. The third kappa shape index (κ3) is 2.46. The summed E-state index contributed by atoms with van der Waals surface area (Å²) in [6.07, 6.45) is 2.91. The second-order valence-corrected chi connectivity index (χ2v) is 1.46. The molecule has 1 N–H and O–H groups in total. The highest BCUT2D eigenvalue weighted by Crippen LogP contribution is 1.93. The van der Waals surface area contributed by atoms with Crippen molar-refractivity contribution in [3.63, 3.8) is 0 Å². The Morgan fingerprint density at radius 3 is 2.43 bits per heavy atom. The van der Waals surface area contributed by atoms with Gasteiger partial charge in [-0.15, -0.1) is 0 Å². The van der Waals surface area contributed by atoms with Gasteiger partial charge in [-0.1, -0.05) is 18.5 Å². The van der Waals surface area contributed by atoms with Crippen molar-refractivity contribution in [1.82, 2.24) is 0 Å². The predicted octanol–water partition coefficient (Wildman–Crippen LogP) is 0.644. The Kier molecular flexibility index (Phi) is 3.81. The number of rotatable bonds is 2. The largest absolute Gasteiger partial charge is 0.449 e. The van der Waals surface area contributed by atoms with E-state index >= 15 is 0 Å². The monoisotopic (exact) mass is 98.1 g/mol. The second kappa shape index (κ2) is 3.94. The van der Waals surface area contributed by atoms with E-state index < -0.39 is 0 Å². The molecule has 0 aromatic heterocycles. The predicted molar refractivity (Wildman–Crippen MR) is 33.4 cm³/mol. The molecule has 0 fully saturated rings. The van der Waals surface area contributed by atoms with Crippen LogP contribution < -0.4 is 0 Å². The van der Waals surface area contributed by atoms with Crippen molar-refractivity contribution >= 4 is 7.48 Å². The van der Waals surface area contributed by atoms with Gasteiger partial charge in [-0.2, -0.15) is 0 Å². The van der Waals surface area contributed by atoms with Gasteiger partial charge in [0.05, 0.1) is 0 Å². The van der Waals surface area contributed by atoms with Crippen LogP contribution in [0.1, 0.15) is 20.3 Å². The lowest BCUT2D eigenvalue weighted by Gasteiger charge is -1.90. The third-order valence-corrected chi connectivity index (χ3v) is 1.07. The highest BCUT2D eigenvalue weighted by Gasteiger charge is 1.87. The summed E-state index contributed by atoms with van der Waals surface area (Å²) >= 11 is 0. The Hall–Kier alpha value is -0.235. The minimum Gasteiger partial charge on any atom is -0.449 e. The molecule has 0 aromatic carbocycles. The molecule has 0 heterocycles. The van der Waals surface area contributed by atoms with Crippen LogP contribution in [0, 0.1) is 0 Å². The fourth-order valence-electron chi connectivity index (χ4n) is 0.407. The first-order chi connectivity index (χ1) is 3.35. The second-order valence-electron chi connectivity index (χ2n) is 1.46. The normalized spacial score (nSPS) is 11.6. The van der Waals surface area contributed by atoms with Crippen LogP contribution in [0.2, 0.25) is 0 Å². The van der Waals surface area contributed by atoms with Gasteiger partial charge in [0.15, 0.2) is 0 Å². The van der Waals surface area contributed by atoms with Gasteiger partial charge in [0.25, 0.3) is 7.48 Å². The third-order valence-electron chi connectivity index (χ3n) is 1.07. The van der Waals surface area contributed by atoms with Crippen molar-refractivity contribution in [2.24, 2.45) is 0 Å². The van der Waals surface area contributed by atoms with Gasteiger partial charge >= 0.3 is 0 Å². The van der Waals surface area contributed by atoms with Crippen molar-refractivity contribution in [1.29, 1.82) is 0 Å². The standard InChI is InChI=1S/C5H11BO/c1-3-5(4-2)6-7/h3,6-7H,4H2,1-2H3/b5-3+. The zero-order chi connectivity index (χ0) is 5.70. The van der Waals surface area contributed by atoms with Crippen LogP contribution in [0.15, 0.2) is 11.5 Å². The molecular formula is C5H11BO. The van der Waals surface area contributed by atoms with E-state index in [9.17, 15) is 0 Å². The molecule has 0 spiro atoms. The molecule has 0 aromatic rings. The Bertz CT molecular complexity index is 62.5. The molecule has 1 nitrogen and oxygen atoms in total. The highest BCUT2D eigenvalue weighted by molar-refractivity contribution is 6.36. The summed E-state index contributed by atoms with van der Waals surface area (Å²) in [6, 6.07) is 0. The van der Waals surface area contributed by atoms with E-state index in [2.05, 4.69) is 0 Å². The lowest BCUT2D eigenvalue weighted by Crippen LogP contribution is -1.91. The van der Waals surface area contributed by atoms with Crippen molar-refractivity contribution in [3.05, 3.63) is 11.5 Å². The van der Waals surface area contributed by atoms with E-state index in [1.54, 1.807) is 0 Å². The Balaban J connectivity index is 3.38. The fourth-order valence-corrected chi connectivity index (χ4v) is 0.407. The minimum atomic E-state index is 0.215.